The number of benzene rings is 1. The van der Waals surface area contributed by atoms with Gasteiger partial charge in [0.1, 0.15) is 10.7 Å². The van der Waals surface area contributed by atoms with E-state index >= 15 is 0 Å². The molecule has 0 radical (unpaired) electrons. The molecule has 0 fully saturated rings. The molecule has 102 valence electrons. The fourth-order valence-corrected chi connectivity index (χ4v) is 4.02. The molecule has 1 heterocycles. The molecule has 0 aliphatic carbocycles. The Bertz CT molecular complexity index is 700. The number of halogens is 2. The molecule has 4 nitrogen and oxygen atoms in total. The topological polar surface area (TPSA) is 72.2 Å². The average molecular weight is 365 g/mol. The first-order valence-corrected chi connectivity index (χ1v) is 8.32. The van der Waals surface area contributed by atoms with Crippen molar-refractivity contribution in [3.8, 4) is 0 Å². The summed E-state index contributed by atoms with van der Waals surface area (Å²) in [6, 6.07) is 5.24. The van der Waals surface area contributed by atoms with Crippen LogP contribution in [-0.2, 0) is 16.6 Å². The van der Waals surface area contributed by atoms with E-state index < -0.39 is 20.7 Å². The van der Waals surface area contributed by atoms with Crippen LogP contribution in [0.3, 0.4) is 0 Å². The van der Waals surface area contributed by atoms with Crippen LogP contribution in [0.4, 0.5) is 10.1 Å². The van der Waals surface area contributed by atoms with Crippen LogP contribution in [0.1, 0.15) is 4.88 Å². The molecule has 0 unspecified atom stereocenters. The SMILES string of the molecule is Nc1ccc(F)c(S(=O)(=O)NCc2cc(Br)cs2)c1. The number of nitrogen functional groups attached to an aromatic ring is 1. The summed E-state index contributed by atoms with van der Waals surface area (Å²) in [4.78, 5) is 0.378. The summed E-state index contributed by atoms with van der Waals surface area (Å²) in [5.74, 6) is -0.825. The number of hydrogen-bond acceptors (Lipinski definition) is 4. The number of hydrogen-bond donors (Lipinski definition) is 2. The van der Waals surface area contributed by atoms with Crippen molar-refractivity contribution >= 4 is 43.0 Å². The third-order valence-electron chi connectivity index (χ3n) is 2.30. The van der Waals surface area contributed by atoms with Crippen molar-refractivity contribution < 1.29 is 12.8 Å². The normalized spacial score (nSPS) is 11.7. The standard InChI is InChI=1S/C11H10BrFN2O2S2/c12-7-3-9(18-6-7)5-15-19(16,17)11-4-8(14)1-2-10(11)13/h1-4,6,15H,5,14H2. The molecule has 0 aliphatic heterocycles. The van der Waals surface area contributed by atoms with Crippen LogP contribution in [0.15, 0.2) is 39.0 Å². The zero-order valence-electron chi connectivity index (χ0n) is 9.56. The molecule has 19 heavy (non-hydrogen) atoms. The highest BCUT2D eigenvalue weighted by molar-refractivity contribution is 9.10. The van der Waals surface area contributed by atoms with Gasteiger partial charge in [0.25, 0.3) is 0 Å². The first-order valence-electron chi connectivity index (χ1n) is 5.16. The zero-order valence-corrected chi connectivity index (χ0v) is 12.8. The highest BCUT2D eigenvalue weighted by Crippen LogP contribution is 2.21. The third-order valence-corrected chi connectivity index (χ3v) is 5.42. The van der Waals surface area contributed by atoms with Crippen LogP contribution < -0.4 is 10.5 Å². The second-order valence-electron chi connectivity index (χ2n) is 3.75. The van der Waals surface area contributed by atoms with Gasteiger partial charge in [-0.05, 0) is 40.2 Å². The predicted molar refractivity (Wildman–Crippen MR) is 76.9 cm³/mol. The molecule has 1 aromatic heterocycles. The number of nitrogens with one attached hydrogen (secondary N) is 1. The van der Waals surface area contributed by atoms with E-state index in [0.29, 0.717) is 0 Å². The lowest BCUT2D eigenvalue weighted by Crippen LogP contribution is -2.24. The lowest BCUT2D eigenvalue weighted by atomic mass is 10.3. The molecule has 2 aromatic rings. The number of thiophene rings is 1. The summed E-state index contributed by atoms with van der Waals surface area (Å²) in [6.45, 7) is 0.104. The molecule has 8 heteroatoms. The van der Waals surface area contributed by atoms with Crippen LogP contribution in [0.25, 0.3) is 0 Å². The minimum atomic E-state index is -3.92. The number of anilines is 1. The van der Waals surface area contributed by atoms with Crippen molar-refractivity contribution in [2.45, 2.75) is 11.4 Å². The fourth-order valence-electron chi connectivity index (χ4n) is 1.42. The van der Waals surface area contributed by atoms with E-state index in [0.717, 1.165) is 21.5 Å². The van der Waals surface area contributed by atoms with E-state index in [2.05, 4.69) is 20.7 Å². The van der Waals surface area contributed by atoms with Gasteiger partial charge < -0.3 is 5.73 Å². The van der Waals surface area contributed by atoms with Crippen LogP contribution in [-0.4, -0.2) is 8.42 Å². The van der Waals surface area contributed by atoms with Crippen LogP contribution >= 0.6 is 27.3 Å². The van der Waals surface area contributed by atoms with Gasteiger partial charge in [0.15, 0.2) is 0 Å². The molecule has 0 spiro atoms. The van der Waals surface area contributed by atoms with Crippen molar-refractivity contribution in [2.24, 2.45) is 0 Å². The summed E-state index contributed by atoms with van der Waals surface area (Å²) in [5, 5.41) is 1.84. The van der Waals surface area contributed by atoms with Crippen molar-refractivity contribution in [3.05, 3.63) is 44.8 Å². The average Bonchev–Trinajstić information content (AvgIpc) is 2.76. The van der Waals surface area contributed by atoms with Gasteiger partial charge in [0.2, 0.25) is 10.0 Å². The van der Waals surface area contributed by atoms with E-state index in [-0.39, 0.29) is 12.2 Å². The number of nitrogens with two attached hydrogens (primary N) is 1. The molecule has 2 rings (SSSR count). The lowest BCUT2D eigenvalue weighted by Gasteiger charge is -2.07. The lowest BCUT2D eigenvalue weighted by molar-refractivity contribution is 0.557. The molecule has 0 aliphatic rings. The molecule has 0 saturated carbocycles. The molecular weight excluding hydrogens is 355 g/mol. The minimum absolute atomic E-state index is 0.104. The van der Waals surface area contributed by atoms with Gasteiger partial charge in [-0.2, -0.15) is 0 Å². The summed E-state index contributed by atoms with van der Waals surface area (Å²) in [5.41, 5.74) is 5.67. The maximum absolute atomic E-state index is 13.5. The van der Waals surface area contributed by atoms with Crippen molar-refractivity contribution in [1.29, 1.82) is 0 Å². The molecular formula is C11H10BrFN2O2S2. The summed E-state index contributed by atoms with van der Waals surface area (Å²) in [6.07, 6.45) is 0. The van der Waals surface area contributed by atoms with Crippen molar-refractivity contribution in [1.82, 2.24) is 4.72 Å². The second kappa shape index (κ2) is 5.58. The Morgan fingerprint density at radius 1 is 1.37 bits per heavy atom. The predicted octanol–water partition coefficient (Wildman–Crippen LogP) is 2.71. The Morgan fingerprint density at radius 2 is 2.11 bits per heavy atom. The Kier molecular flexibility index (Phi) is 4.24. The molecule has 0 bridgehead atoms. The van der Waals surface area contributed by atoms with Gasteiger partial charge in [-0.1, -0.05) is 0 Å². The van der Waals surface area contributed by atoms with Gasteiger partial charge >= 0.3 is 0 Å². The first kappa shape index (κ1) is 14.4. The maximum atomic E-state index is 13.5. The number of rotatable bonds is 4. The molecule has 3 N–H and O–H groups in total. The summed E-state index contributed by atoms with van der Waals surface area (Å²) < 4.78 is 40.7. The molecule has 0 amide bonds. The maximum Gasteiger partial charge on any atom is 0.243 e. The van der Waals surface area contributed by atoms with Crippen molar-refractivity contribution in [2.75, 3.05) is 5.73 Å². The highest BCUT2D eigenvalue weighted by atomic mass is 79.9. The highest BCUT2D eigenvalue weighted by Gasteiger charge is 2.19. The van der Waals surface area contributed by atoms with E-state index in [1.807, 2.05) is 5.38 Å². The molecule has 1 aromatic carbocycles. The number of sulfonamides is 1. The van der Waals surface area contributed by atoms with E-state index in [9.17, 15) is 12.8 Å². The first-order chi connectivity index (χ1) is 8.88. The Balaban J connectivity index is 2.20. The second-order valence-corrected chi connectivity index (χ2v) is 7.39. The minimum Gasteiger partial charge on any atom is -0.399 e. The largest absolute Gasteiger partial charge is 0.399 e. The fraction of sp³-hybridized carbons (Fsp3) is 0.0909. The van der Waals surface area contributed by atoms with Gasteiger partial charge in [-0.25, -0.2) is 17.5 Å². The van der Waals surface area contributed by atoms with Gasteiger partial charge in [-0.15, -0.1) is 11.3 Å². The van der Waals surface area contributed by atoms with Gasteiger partial charge in [0, 0.05) is 27.0 Å². The van der Waals surface area contributed by atoms with E-state index in [4.69, 9.17) is 5.73 Å². The van der Waals surface area contributed by atoms with Crippen LogP contribution in [0, 0.1) is 5.82 Å². The quantitative estimate of drug-likeness (QED) is 0.819. The van der Waals surface area contributed by atoms with Crippen LogP contribution in [0.5, 0.6) is 0 Å². The Labute approximate surface area is 122 Å². The van der Waals surface area contributed by atoms with E-state index in [1.165, 1.54) is 17.4 Å². The molecule has 0 atom stereocenters. The monoisotopic (exact) mass is 364 g/mol. The summed E-state index contributed by atoms with van der Waals surface area (Å²) >= 11 is 4.68. The van der Waals surface area contributed by atoms with Crippen LogP contribution in [0.2, 0.25) is 0 Å². The van der Waals surface area contributed by atoms with Crippen molar-refractivity contribution in [3.63, 3.8) is 0 Å². The van der Waals surface area contributed by atoms with E-state index in [1.54, 1.807) is 6.07 Å². The Hall–Kier alpha value is -0.960. The summed E-state index contributed by atoms with van der Waals surface area (Å²) in [7, 11) is -3.92. The molecule has 0 saturated heterocycles. The third kappa shape index (κ3) is 3.53. The van der Waals surface area contributed by atoms with Gasteiger partial charge in [0.05, 0.1) is 0 Å². The smallest absolute Gasteiger partial charge is 0.243 e. The van der Waals surface area contributed by atoms with Gasteiger partial charge in [-0.3, -0.25) is 0 Å². The zero-order chi connectivity index (χ0) is 14.0. The Morgan fingerprint density at radius 3 is 2.74 bits per heavy atom.